The van der Waals surface area contributed by atoms with E-state index < -0.39 is 12.8 Å². The second-order valence-electron chi connectivity index (χ2n) is 3.29. The fraction of sp³-hybridized carbons (Fsp3) is 0.500. The highest BCUT2D eigenvalue weighted by atomic mass is 19.4. The van der Waals surface area contributed by atoms with E-state index >= 15 is 0 Å². The van der Waals surface area contributed by atoms with E-state index in [4.69, 9.17) is 4.42 Å². The number of amides is 1. The third-order valence-electron chi connectivity index (χ3n) is 1.80. The van der Waals surface area contributed by atoms with Crippen molar-refractivity contribution in [2.75, 3.05) is 19.8 Å². The molecule has 4 nitrogen and oxygen atoms in total. The summed E-state index contributed by atoms with van der Waals surface area (Å²) < 4.78 is 44.1. The van der Waals surface area contributed by atoms with Crippen molar-refractivity contribution in [3.63, 3.8) is 0 Å². The average Bonchev–Trinajstić information content (AvgIpc) is 2.74. The van der Waals surface area contributed by atoms with E-state index in [9.17, 15) is 18.0 Å². The zero-order valence-corrected chi connectivity index (χ0v) is 8.92. The molecular weight excluding hydrogens is 239 g/mol. The molecule has 1 aromatic heterocycles. The Morgan fingerprint density at radius 3 is 2.82 bits per heavy atom. The SMILES string of the molecule is O=C(NCCCOCC(F)(F)F)c1ccoc1. The van der Waals surface area contributed by atoms with Crippen LogP contribution in [0.5, 0.6) is 0 Å². The largest absolute Gasteiger partial charge is 0.472 e. The van der Waals surface area contributed by atoms with Crippen molar-refractivity contribution < 1.29 is 27.1 Å². The summed E-state index contributed by atoms with van der Waals surface area (Å²) in [6.45, 7) is -1.06. The lowest BCUT2D eigenvalue weighted by atomic mass is 10.3. The summed E-state index contributed by atoms with van der Waals surface area (Å²) in [6, 6.07) is 1.50. The Hall–Kier alpha value is -1.50. The zero-order chi connectivity index (χ0) is 12.7. The van der Waals surface area contributed by atoms with Crippen LogP contribution in [0.1, 0.15) is 16.8 Å². The minimum Gasteiger partial charge on any atom is -0.472 e. The molecule has 0 aromatic carbocycles. The summed E-state index contributed by atoms with van der Waals surface area (Å²) in [5.41, 5.74) is 0.376. The van der Waals surface area contributed by atoms with Gasteiger partial charge in [-0.1, -0.05) is 0 Å². The average molecular weight is 251 g/mol. The van der Waals surface area contributed by atoms with Crippen molar-refractivity contribution in [2.24, 2.45) is 0 Å². The van der Waals surface area contributed by atoms with Gasteiger partial charge in [-0.15, -0.1) is 0 Å². The molecule has 0 aliphatic carbocycles. The van der Waals surface area contributed by atoms with Gasteiger partial charge in [0.1, 0.15) is 12.9 Å². The molecule has 0 fully saturated rings. The summed E-state index contributed by atoms with van der Waals surface area (Å²) in [6.07, 6.45) is -1.34. The van der Waals surface area contributed by atoms with Crippen LogP contribution in [0.4, 0.5) is 13.2 Å². The number of nitrogens with one attached hydrogen (secondary N) is 1. The second kappa shape index (κ2) is 6.29. The fourth-order valence-corrected chi connectivity index (χ4v) is 1.06. The molecule has 1 heterocycles. The minimum absolute atomic E-state index is 0.0504. The normalized spacial score (nSPS) is 11.5. The van der Waals surface area contributed by atoms with Crippen molar-refractivity contribution in [3.05, 3.63) is 24.2 Å². The minimum atomic E-state index is -4.31. The van der Waals surface area contributed by atoms with Crippen LogP contribution in [0, 0.1) is 0 Å². The molecule has 17 heavy (non-hydrogen) atoms. The van der Waals surface area contributed by atoms with Crippen molar-refractivity contribution in [3.8, 4) is 0 Å². The van der Waals surface area contributed by atoms with Gasteiger partial charge in [-0.2, -0.15) is 13.2 Å². The molecule has 0 unspecified atom stereocenters. The molecule has 0 saturated heterocycles. The highest BCUT2D eigenvalue weighted by Gasteiger charge is 2.27. The van der Waals surface area contributed by atoms with E-state index in [2.05, 4.69) is 10.1 Å². The Kier molecular flexibility index (Phi) is 5.02. The first-order valence-corrected chi connectivity index (χ1v) is 4.94. The number of hydrogen-bond acceptors (Lipinski definition) is 3. The quantitative estimate of drug-likeness (QED) is 0.786. The third kappa shape index (κ3) is 5.96. The standard InChI is InChI=1S/C10H12F3NO3/c11-10(12,13)7-17-4-1-3-14-9(15)8-2-5-16-6-8/h2,5-6H,1,3-4,7H2,(H,14,15). The Morgan fingerprint density at radius 2 is 2.24 bits per heavy atom. The van der Waals surface area contributed by atoms with Gasteiger partial charge in [-0.3, -0.25) is 4.79 Å². The van der Waals surface area contributed by atoms with Gasteiger partial charge in [0.05, 0.1) is 11.8 Å². The molecule has 0 bridgehead atoms. The molecule has 0 saturated carbocycles. The van der Waals surface area contributed by atoms with E-state index in [1.165, 1.54) is 18.6 Å². The van der Waals surface area contributed by atoms with E-state index in [-0.39, 0.29) is 19.1 Å². The van der Waals surface area contributed by atoms with Crippen LogP contribution in [0.15, 0.2) is 23.0 Å². The Balaban J connectivity index is 2.03. The number of carbonyl (C=O) groups is 1. The van der Waals surface area contributed by atoms with Gasteiger partial charge in [0.2, 0.25) is 0 Å². The molecule has 0 spiro atoms. The number of ether oxygens (including phenoxy) is 1. The zero-order valence-electron chi connectivity index (χ0n) is 8.92. The second-order valence-corrected chi connectivity index (χ2v) is 3.29. The third-order valence-corrected chi connectivity index (χ3v) is 1.80. The highest BCUT2D eigenvalue weighted by molar-refractivity contribution is 5.93. The number of furan rings is 1. The van der Waals surface area contributed by atoms with Crippen LogP contribution in [-0.4, -0.2) is 31.8 Å². The van der Waals surface area contributed by atoms with Crippen LogP contribution >= 0.6 is 0 Å². The predicted octanol–water partition coefficient (Wildman–Crippen LogP) is 1.98. The lowest BCUT2D eigenvalue weighted by Gasteiger charge is -2.07. The monoisotopic (exact) mass is 251 g/mol. The molecule has 96 valence electrons. The molecular formula is C10H12F3NO3. The summed E-state index contributed by atoms with van der Waals surface area (Å²) in [5.74, 6) is -0.324. The Labute approximate surface area is 95.7 Å². The van der Waals surface area contributed by atoms with Crippen molar-refractivity contribution in [1.29, 1.82) is 0 Å². The maximum atomic E-state index is 11.7. The molecule has 0 aliphatic heterocycles. The smallest absolute Gasteiger partial charge is 0.411 e. The van der Waals surface area contributed by atoms with Crippen LogP contribution in [0.3, 0.4) is 0 Å². The Bertz CT molecular complexity index is 335. The maximum Gasteiger partial charge on any atom is 0.411 e. The highest BCUT2D eigenvalue weighted by Crippen LogP contribution is 2.14. The van der Waals surface area contributed by atoms with Crippen molar-refractivity contribution in [2.45, 2.75) is 12.6 Å². The van der Waals surface area contributed by atoms with Gasteiger partial charge in [0.15, 0.2) is 0 Å². The van der Waals surface area contributed by atoms with Gasteiger partial charge in [0.25, 0.3) is 5.91 Å². The lowest BCUT2D eigenvalue weighted by molar-refractivity contribution is -0.173. The van der Waals surface area contributed by atoms with Gasteiger partial charge >= 0.3 is 6.18 Å². The van der Waals surface area contributed by atoms with Crippen LogP contribution in [0.2, 0.25) is 0 Å². The maximum absolute atomic E-state index is 11.7. The number of carbonyl (C=O) groups excluding carboxylic acids is 1. The molecule has 1 aromatic rings. The summed E-state index contributed by atoms with van der Waals surface area (Å²) >= 11 is 0. The fourth-order valence-electron chi connectivity index (χ4n) is 1.06. The lowest BCUT2D eigenvalue weighted by Crippen LogP contribution is -2.25. The number of alkyl halides is 3. The number of halogens is 3. The van der Waals surface area contributed by atoms with Gasteiger partial charge in [-0.25, -0.2) is 0 Å². The van der Waals surface area contributed by atoms with E-state index in [1.807, 2.05) is 0 Å². The molecule has 0 aliphatic rings. The van der Waals surface area contributed by atoms with Crippen LogP contribution in [-0.2, 0) is 4.74 Å². The van der Waals surface area contributed by atoms with Crippen molar-refractivity contribution in [1.82, 2.24) is 5.32 Å². The van der Waals surface area contributed by atoms with Crippen molar-refractivity contribution >= 4 is 5.91 Å². The van der Waals surface area contributed by atoms with Gasteiger partial charge in [0, 0.05) is 13.2 Å². The number of hydrogen-bond donors (Lipinski definition) is 1. The van der Waals surface area contributed by atoms with E-state index in [0.717, 1.165) is 0 Å². The molecule has 1 amide bonds. The topological polar surface area (TPSA) is 51.5 Å². The predicted molar refractivity (Wildman–Crippen MR) is 52.5 cm³/mol. The molecule has 7 heteroatoms. The van der Waals surface area contributed by atoms with E-state index in [1.54, 1.807) is 0 Å². The molecule has 0 radical (unpaired) electrons. The first kappa shape index (κ1) is 13.6. The van der Waals surface area contributed by atoms with Gasteiger partial charge in [-0.05, 0) is 12.5 Å². The van der Waals surface area contributed by atoms with Crippen LogP contribution < -0.4 is 5.32 Å². The molecule has 1 rings (SSSR count). The van der Waals surface area contributed by atoms with Gasteiger partial charge < -0.3 is 14.5 Å². The first-order valence-electron chi connectivity index (χ1n) is 4.94. The van der Waals surface area contributed by atoms with E-state index in [0.29, 0.717) is 12.0 Å². The number of rotatable bonds is 6. The Morgan fingerprint density at radius 1 is 1.47 bits per heavy atom. The summed E-state index contributed by atoms with van der Waals surface area (Å²) in [4.78, 5) is 11.3. The molecule has 0 atom stereocenters. The summed E-state index contributed by atoms with van der Waals surface area (Å²) in [7, 11) is 0. The van der Waals surface area contributed by atoms with Crippen LogP contribution in [0.25, 0.3) is 0 Å². The first-order chi connectivity index (χ1) is 7.99. The molecule has 1 N–H and O–H groups in total. The summed E-state index contributed by atoms with van der Waals surface area (Å²) in [5, 5.41) is 2.52.